The minimum Gasteiger partial charge on any atom is -0.368 e. The average molecular weight is 259 g/mol. The quantitative estimate of drug-likeness (QED) is 0.888. The molecule has 1 aliphatic rings. The van der Waals surface area contributed by atoms with E-state index in [1.165, 1.54) is 19.3 Å². The van der Waals surface area contributed by atoms with Gasteiger partial charge < -0.3 is 15.2 Å². The number of hydrogen-bond acceptors (Lipinski definition) is 6. The standard InChI is InChI=1S/C13H17N5O/c1-9-11(10-5-6-15-13(14)16-10)12(17-19-9)18-7-3-2-4-8-18/h5-6H,2-4,7-8H2,1H3,(H2,14,15,16). The van der Waals surface area contributed by atoms with Gasteiger partial charge in [0, 0.05) is 19.3 Å². The molecule has 3 rings (SSSR count). The van der Waals surface area contributed by atoms with E-state index in [1.807, 2.05) is 13.0 Å². The van der Waals surface area contributed by atoms with E-state index in [2.05, 4.69) is 20.0 Å². The SMILES string of the molecule is Cc1onc(N2CCCCC2)c1-c1ccnc(N)n1. The lowest BCUT2D eigenvalue weighted by Crippen LogP contribution is -2.30. The Labute approximate surface area is 111 Å². The molecule has 1 aliphatic heterocycles. The number of nitrogen functional groups attached to an aromatic ring is 1. The van der Waals surface area contributed by atoms with Gasteiger partial charge >= 0.3 is 0 Å². The minimum absolute atomic E-state index is 0.266. The fourth-order valence-corrected chi connectivity index (χ4v) is 2.49. The third-order valence-corrected chi connectivity index (χ3v) is 3.43. The Morgan fingerprint density at radius 3 is 2.79 bits per heavy atom. The van der Waals surface area contributed by atoms with E-state index in [1.54, 1.807) is 6.20 Å². The molecule has 0 spiro atoms. The highest BCUT2D eigenvalue weighted by Crippen LogP contribution is 2.33. The van der Waals surface area contributed by atoms with Gasteiger partial charge in [0.1, 0.15) is 5.76 Å². The molecule has 0 unspecified atom stereocenters. The first-order valence-corrected chi connectivity index (χ1v) is 6.56. The molecule has 1 fully saturated rings. The van der Waals surface area contributed by atoms with Crippen molar-refractivity contribution in [3.05, 3.63) is 18.0 Å². The molecule has 3 heterocycles. The van der Waals surface area contributed by atoms with E-state index in [9.17, 15) is 0 Å². The molecule has 6 nitrogen and oxygen atoms in total. The van der Waals surface area contributed by atoms with Crippen molar-refractivity contribution < 1.29 is 4.52 Å². The lowest BCUT2D eigenvalue weighted by molar-refractivity contribution is 0.395. The number of piperidine rings is 1. The lowest BCUT2D eigenvalue weighted by atomic mass is 10.1. The summed E-state index contributed by atoms with van der Waals surface area (Å²) in [4.78, 5) is 10.5. The second-order valence-electron chi connectivity index (χ2n) is 4.79. The van der Waals surface area contributed by atoms with Gasteiger partial charge in [-0.25, -0.2) is 9.97 Å². The fourth-order valence-electron chi connectivity index (χ4n) is 2.49. The molecular formula is C13H17N5O. The van der Waals surface area contributed by atoms with Gasteiger partial charge in [0.15, 0.2) is 5.82 Å². The molecule has 0 amide bonds. The molecule has 2 N–H and O–H groups in total. The molecular weight excluding hydrogens is 242 g/mol. The smallest absolute Gasteiger partial charge is 0.220 e. The first-order chi connectivity index (χ1) is 9.25. The summed E-state index contributed by atoms with van der Waals surface area (Å²) in [7, 11) is 0. The predicted octanol–water partition coefficient (Wildman–Crippen LogP) is 2.01. The summed E-state index contributed by atoms with van der Waals surface area (Å²) in [5, 5.41) is 4.20. The van der Waals surface area contributed by atoms with Crippen LogP contribution in [0.2, 0.25) is 0 Å². The third kappa shape index (κ3) is 2.25. The maximum atomic E-state index is 5.66. The topological polar surface area (TPSA) is 81.1 Å². The first kappa shape index (κ1) is 12.0. The largest absolute Gasteiger partial charge is 0.368 e. The number of aromatic nitrogens is 3. The summed E-state index contributed by atoms with van der Waals surface area (Å²) in [6, 6.07) is 1.84. The summed E-state index contributed by atoms with van der Waals surface area (Å²) in [6.07, 6.45) is 5.32. The Bertz CT molecular complexity index is 574. The predicted molar refractivity (Wildman–Crippen MR) is 72.7 cm³/mol. The Balaban J connectivity index is 2.03. The number of anilines is 2. The van der Waals surface area contributed by atoms with Crippen molar-refractivity contribution in [3.8, 4) is 11.3 Å². The maximum Gasteiger partial charge on any atom is 0.220 e. The highest BCUT2D eigenvalue weighted by molar-refractivity contribution is 5.75. The van der Waals surface area contributed by atoms with Crippen LogP contribution in [-0.4, -0.2) is 28.2 Å². The average Bonchev–Trinajstić information content (AvgIpc) is 2.82. The van der Waals surface area contributed by atoms with E-state index in [-0.39, 0.29) is 5.95 Å². The van der Waals surface area contributed by atoms with Gasteiger partial charge in [0.25, 0.3) is 0 Å². The van der Waals surface area contributed by atoms with Crippen LogP contribution >= 0.6 is 0 Å². The van der Waals surface area contributed by atoms with Gasteiger partial charge in [-0.2, -0.15) is 0 Å². The summed E-state index contributed by atoms with van der Waals surface area (Å²) < 4.78 is 5.35. The first-order valence-electron chi connectivity index (χ1n) is 6.56. The van der Waals surface area contributed by atoms with Crippen LogP contribution in [0.25, 0.3) is 11.3 Å². The lowest BCUT2D eigenvalue weighted by Gasteiger charge is -2.26. The highest BCUT2D eigenvalue weighted by atomic mass is 16.5. The molecule has 0 aromatic carbocycles. The van der Waals surface area contributed by atoms with Crippen LogP contribution in [0.4, 0.5) is 11.8 Å². The molecule has 19 heavy (non-hydrogen) atoms. The van der Waals surface area contributed by atoms with E-state index in [4.69, 9.17) is 10.3 Å². The molecule has 100 valence electrons. The van der Waals surface area contributed by atoms with Crippen LogP contribution in [0.5, 0.6) is 0 Å². The van der Waals surface area contributed by atoms with Gasteiger partial charge in [-0.15, -0.1) is 0 Å². The zero-order chi connectivity index (χ0) is 13.2. The third-order valence-electron chi connectivity index (χ3n) is 3.43. The van der Waals surface area contributed by atoms with Crippen LogP contribution in [0, 0.1) is 6.92 Å². The van der Waals surface area contributed by atoms with Crippen LogP contribution in [0.3, 0.4) is 0 Å². The van der Waals surface area contributed by atoms with Crippen LogP contribution in [0.15, 0.2) is 16.8 Å². The van der Waals surface area contributed by atoms with Crippen molar-refractivity contribution in [2.24, 2.45) is 0 Å². The Hall–Kier alpha value is -2.11. The maximum absolute atomic E-state index is 5.66. The Morgan fingerprint density at radius 2 is 2.05 bits per heavy atom. The monoisotopic (exact) mass is 259 g/mol. The molecule has 6 heteroatoms. The van der Waals surface area contributed by atoms with Crippen LogP contribution < -0.4 is 10.6 Å². The van der Waals surface area contributed by atoms with Crippen LogP contribution in [0.1, 0.15) is 25.0 Å². The molecule has 2 aromatic heterocycles. The molecule has 0 aliphatic carbocycles. The second-order valence-corrected chi connectivity index (χ2v) is 4.79. The molecule has 1 saturated heterocycles. The number of aryl methyl sites for hydroxylation is 1. The van der Waals surface area contributed by atoms with Crippen molar-refractivity contribution in [1.82, 2.24) is 15.1 Å². The van der Waals surface area contributed by atoms with Gasteiger partial charge in [-0.3, -0.25) is 0 Å². The van der Waals surface area contributed by atoms with Crippen molar-refractivity contribution in [1.29, 1.82) is 0 Å². The Kier molecular flexibility index (Phi) is 3.06. The second kappa shape index (κ2) is 4.87. The number of rotatable bonds is 2. The van der Waals surface area contributed by atoms with E-state index < -0.39 is 0 Å². The molecule has 0 bridgehead atoms. The number of nitrogens with zero attached hydrogens (tertiary/aromatic N) is 4. The van der Waals surface area contributed by atoms with Crippen molar-refractivity contribution in [2.75, 3.05) is 23.7 Å². The van der Waals surface area contributed by atoms with Gasteiger partial charge in [0.2, 0.25) is 5.95 Å². The zero-order valence-corrected chi connectivity index (χ0v) is 11.0. The minimum atomic E-state index is 0.266. The van der Waals surface area contributed by atoms with Crippen molar-refractivity contribution in [2.45, 2.75) is 26.2 Å². The van der Waals surface area contributed by atoms with E-state index in [0.29, 0.717) is 0 Å². The van der Waals surface area contributed by atoms with Crippen LogP contribution in [-0.2, 0) is 0 Å². The number of hydrogen-bond donors (Lipinski definition) is 1. The fraction of sp³-hybridized carbons (Fsp3) is 0.462. The Morgan fingerprint density at radius 1 is 1.26 bits per heavy atom. The molecule has 2 aromatic rings. The molecule has 0 radical (unpaired) electrons. The summed E-state index contributed by atoms with van der Waals surface area (Å²) in [6.45, 7) is 3.92. The van der Waals surface area contributed by atoms with Crippen molar-refractivity contribution in [3.63, 3.8) is 0 Å². The molecule has 0 atom stereocenters. The van der Waals surface area contributed by atoms with Crippen molar-refractivity contribution >= 4 is 11.8 Å². The van der Waals surface area contributed by atoms with Gasteiger partial charge in [-0.05, 0) is 32.3 Å². The van der Waals surface area contributed by atoms with Gasteiger partial charge in [0.05, 0.1) is 11.3 Å². The van der Waals surface area contributed by atoms with E-state index in [0.717, 1.165) is 35.9 Å². The van der Waals surface area contributed by atoms with E-state index >= 15 is 0 Å². The zero-order valence-electron chi connectivity index (χ0n) is 11.0. The summed E-state index contributed by atoms with van der Waals surface area (Å²) in [5.41, 5.74) is 7.35. The van der Waals surface area contributed by atoms with Gasteiger partial charge in [-0.1, -0.05) is 5.16 Å². The normalized spacial score (nSPS) is 15.7. The summed E-state index contributed by atoms with van der Waals surface area (Å²) >= 11 is 0. The molecule has 0 saturated carbocycles. The highest BCUT2D eigenvalue weighted by Gasteiger charge is 2.22. The number of nitrogens with two attached hydrogens (primary N) is 1. The summed E-state index contributed by atoms with van der Waals surface area (Å²) in [5.74, 6) is 1.90.